The number of halogens is 1. The van der Waals surface area contributed by atoms with Crippen LogP contribution in [0.1, 0.15) is 24.4 Å². The Morgan fingerprint density at radius 1 is 1.36 bits per heavy atom. The van der Waals surface area contributed by atoms with Gasteiger partial charge in [0.1, 0.15) is 0 Å². The fraction of sp³-hybridized carbons (Fsp3) is 0.364. The standard InChI is InChI=1S/C11H12ClNO/c12-9-5-3-7(4-6-9)10(13)11(14)8-1-2-8/h3-6,8,10H,1-2,13H2. The highest BCUT2D eigenvalue weighted by molar-refractivity contribution is 6.30. The van der Waals surface area contributed by atoms with Crippen molar-refractivity contribution in [2.24, 2.45) is 11.7 Å². The van der Waals surface area contributed by atoms with Crippen molar-refractivity contribution in [3.8, 4) is 0 Å². The second kappa shape index (κ2) is 3.71. The monoisotopic (exact) mass is 209 g/mol. The minimum Gasteiger partial charge on any atom is -0.318 e. The van der Waals surface area contributed by atoms with Gasteiger partial charge in [-0.3, -0.25) is 4.79 Å². The summed E-state index contributed by atoms with van der Waals surface area (Å²) in [4.78, 5) is 11.6. The molecule has 0 bridgehead atoms. The molecular weight excluding hydrogens is 198 g/mol. The van der Waals surface area contributed by atoms with E-state index in [1.165, 1.54) is 0 Å². The second-order valence-corrected chi connectivity index (χ2v) is 4.14. The average Bonchev–Trinajstić information content (AvgIpc) is 3.00. The van der Waals surface area contributed by atoms with E-state index in [2.05, 4.69) is 0 Å². The van der Waals surface area contributed by atoms with Crippen molar-refractivity contribution in [3.05, 3.63) is 34.9 Å². The molecule has 0 saturated heterocycles. The Labute approximate surface area is 88.1 Å². The number of nitrogens with two attached hydrogens (primary N) is 1. The van der Waals surface area contributed by atoms with Gasteiger partial charge >= 0.3 is 0 Å². The van der Waals surface area contributed by atoms with Crippen LogP contribution in [0.15, 0.2) is 24.3 Å². The van der Waals surface area contributed by atoms with Gasteiger partial charge in [-0.2, -0.15) is 0 Å². The van der Waals surface area contributed by atoms with Crippen molar-refractivity contribution in [1.82, 2.24) is 0 Å². The zero-order chi connectivity index (χ0) is 10.1. The van der Waals surface area contributed by atoms with E-state index in [1.54, 1.807) is 12.1 Å². The first-order chi connectivity index (χ1) is 6.68. The average molecular weight is 210 g/mol. The lowest BCUT2D eigenvalue weighted by molar-refractivity contribution is -0.121. The Bertz CT molecular complexity index is 343. The molecule has 1 aliphatic carbocycles. The number of carbonyl (C=O) groups excluding carboxylic acids is 1. The maximum absolute atomic E-state index is 11.6. The highest BCUT2D eigenvalue weighted by Gasteiger charge is 2.33. The van der Waals surface area contributed by atoms with E-state index in [0.29, 0.717) is 5.02 Å². The van der Waals surface area contributed by atoms with Gasteiger partial charge < -0.3 is 5.73 Å². The molecule has 1 atom stereocenters. The largest absolute Gasteiger partial charge is 0.318 e. The molecule has 0 spiro atoms. The van der Waals surface area contributed by atoms with Crippen molar-refractivity contribution in [1.29, 1.82) is 0 Å². The Morgan fingerprint density at radius 2 is 1.93 bits per heavy atom. The topological polar surface area (TPSA) is 43.1 Å². The summed E-state index contributed by atoms with van der Waals surface area (Å²) in [5.41, 5.74) is 6.69. The number of rotatable bonds is 3. The highest BCUT2D eigenvalue weighted by atomic mass is 35.5. The van der Waals surface area contributed by atoms with Crippen LogP contribution in [0.25, 0.3) is 0 Å². The molecule has 1 saturated carbocycles. The lowest BCUT2D eigenvalue weighted by Crippen LogP contribution is -2.22. The SMILES string of the molecule is NC(C(=O)C1CC1)c1ccc(Cl)cc1. The number of carbonyl (C=O) groups is 1. The Hall–Kier alpha value is -0.860. The molecule has 0 heterocycles. The van der Waals surface area contributed by atoms with Gasteiger partial charge in [0.25, 0.3) is 0 Å². The van der Waals surface area contributed by atoms with Crippen LogP contribution < -0.4 is 5.73 Å². The summed E-state index contributed by atoms with van der Waals surface area (Å²) in [6, 6.07) is 6.67. The van der Waals surface area contributed by atoms with Gasteiger partial charge in [-0.25, -0.2) is 0 Å². The smallest absolute Gasteiger partial charge is 0.157 e. The predicted octanol–water partition coefficient (Wildman–Crippen LogP) is 2.32. The van der Waals surface area contributed by atoms with Crippen LogP contribution >= 0.6 is 11.6 Å². The quantitative estimate of drug-likeness (QED) is 0.830. The van der Waals surface area contributed by atoms with E-state index in [9.17, 15) is 4.79 Å². The van der Waals surface area contributed by atoms with Gasteiger partial charge in [0.15, 0.2) is 5.78 Å². The van der Waals surface area contributed by atoms with Crippen LogP contribution in [-0.2, 0) is 4.79 Å². The van der Waals surface area contributed by atoms with E-state index in [1.807, 2.05) is 12.1 Å². The molecule has 1 aromatic rings. The Kier molecular flexibility index (Phi) is 2.57. The van der Waals surface area contributed by atoms with Crippen molar-refractivity contribution in [2.45, 2.75) is 18.9 Å². The van der Waals surface area contributed by atoms with Gasteiger partial charge in [0.2, 0.25) is 0 Å². The minimum atomic E-state index is -0.472. The molecule has 0 radical (unpaired) electrons. The minimum absolute atomic E-state index is 0.160. The van der Waals surface area contributed by atoms with Crippen LogP contribution in [-0.4, -0.2) is 5.78 Å². The molecule has 14 heavy (non-hydrogen) atoms. The number of hydrogen-bond donors (Lipinski definition) is 1. The lowest BCUT2D eigenvalue weighted by atomic mass is 10.0. The van der Waals surface area contributed by atoms with Crippen molar-refractivity contribution >= 4 is 17.4 Å². The normalized spacial score (nSPS) is 17.9. The van der Waals surface area contributed by atoms with Gasteiger partial charge in [-0.15, -0.1) is 0 Å². The summed E-state index contributed by atoms with van der Waals surface area (Å²) in [7, 11) is 0. The molecule has 3 heteroatoms. The molecule has 1 aromatic carbocycles. The van der Waals surface area contributed by atoms with E-state index in [0.717, 1.165) is 18.4 Å². The summed E-state index contributed by atoms with van der Waals surface area (Å²) >= 11 is 5.75. The Balaban J connectivity index is 2.13. The number of Topliss-reactive ketones (excluding diaryl/α,β-unsaturated/α-hetero) is 1. The van der Waals surface area contributed by atoms with Gasteiger partial charge in [-0.1, -0.05) is 23.7 Å². The van der Waals surface area contributed by atoms with E-state index in [-0.39, 0.29) is 11.7 Å². The van der Waals surface area contributed by atoms with Gasteiger partial charge in [0, 0.05) is 10.9 Å². The van der Waals surface area contributed by atoms with Crippen molar-refractivity contribution < 1.29 is 4.79 Å². The third-order valence-electron chi connectivity index (χ3n) is 2.52. The molecular formula is C11H12ClNO. The van der Waals surface area contributed by atoms with Crippen molar-refractivity contribution in [3.63, 3.8) is 0 Å². The third-order valence-corrected chi connectivity index (χ3v) is 2.77. The van der Waals surface area contributed by atoms with Gasteiger partial charge in [0.05, 0.1) is 6.04 Å². The summed E-state index contributed by atoms with van der Waals surface area (Å²) < 4.78 is 0. The fourth-order valence-corrected chi connectivity index (χ4v) is 1.58. The van der Waals surface area contributed by atoms with E-state index < -0.39 is 6.04 Å². The first-order valence-corrected chi connectivity index (χ1v) is 5.11. The van der Waals surface area contributed by atoms with Gasteiger partial charge in [-0.05, 0) is 30.5 Å². The molecule has 0 aromatic heterocycles. The highest BCUT2D eigenvalue weighted by Crippen LogP contribution is 2.33. The summed E-state index contributed by atoms with van der Waals surface area (Å²) in [6.07, 6.45) is 2.00. The number of ketones is 1. The fourth-order valence-electron chi connectivity index (χ4n) is 1.46. The maximum Gasteiger partial charge on any atom is 0.157 e. The number of benzene rings is 1. The van der Waals surface area contributed by atoms with Crippen molar-refractivity contribution in [2.75, 3.05) is 0 Å². The molecule has 1 unspecified atom stereocenters. The Morgan fingerprint density at radius 3 is 2.43 bits per heavy atom. The molecule has 2 rings (SSSR count). The zero-order valence-corrected chi connectivity index (χ0v) is 8.50. The summed E-state index contributed by atoms with van der Waals surface area (Å²) in [5, 5.41) is 0.667. The zero-order valence-electron chi connectivity index (χ0n) is 7.74. The molecule has 0 amide bonds. The van der Waals surface area contributed by atoms with Crippen LogP contribution in [0, 0.1) is 5.92 Å². The summed E-state index contributed by atoms with van der Waals surface area (Å²) in [6.45, 7) is 0. The lowest BCUT2D eigenvalue weighted by Gasteiger charge is -2.09. The first-order valence-electron chi connectivity index (χ1n) is 4.73. The van der Waals surface area contributed by atoms with E-state index in [4.69, 9.17) is 17.3 Å². The maximum atomic E-state index is 11.6. The molecule has 1 fully saturated rings. The molecule has 2 N–H and O–H groups in total. The van der Waals surface area contributed by atoms with E-state index >= 15 is 0 Å². The molecule has 0 aliphatic heterocycles. The van der Waals surface area contributed by atoms with Crippen LogP contribution in [0.3, 0.4) is 0 Å². The first kappa shape index (κ1) is 9.69. The van der Waals surface area contributed by atoms with Crippen LogP contribution in [0.5, 0.6) is 0 Å². The van der Waals surface area contributed by atoms with Crippen LogP contribution in [0.2, 0.25) is 5.02 Å². The molecule has 1 aliphatic rings. The predicted molar refractivity (Wildman–Crippen MR) is 56.1 cm³/mol. The van der Waals surface area contributed by atoms with Crippen LogP contribution in [0.4, 0.5) is 0 Å². The molecule has 74 valence electrons. The third kappa shape index (κ3) is 1.97. The number of hydrogen-bond acceptors (Lipinski definition) is 2. The second-order valence-electron chi connectivity index (χ2n) is 3.71. The summed E-state index contributed by atoms with van der Waals surface area (Å²) in [5.74, 6) is 0.369. The molecule has 2 nitrogen and oxygen atoms in total.